The molecule has 2 aromatic carbocycles. The van der Waals surface area contributed by atoms with Gasteiger partial charge in [0.2, 0.25) is 5.89 Å². The van der Waals surface area contributed by atoms with Crippen LogP contribution < -0.4 is 5.73 Å². The molecule has 0 spiro atoms. The number of nitrogen functional groups attached to an aromatic ring is 1. The Morgan fingerprint density at radius 2 is 1.79 bits per heavy atom. The van der Waals surface area contributed by atoms with Crippen LogP contribution in [0.25, 0.3) is 22.6 Å². The predicted molar refractivity (Wildman–Crippen MR) is 77.9 cm³/mol. The Hall–Kier alpha value is -2.29. The maximum Gasteiger partial charge on any atom is 0.227 e. The molecular weight excluding hydrogens is 236 g/mol. The first-order chi connectivity index (χ1) is 9.13. The Morgan fingerprint density at radius 3 is 2.47 bits per heavy atom. The highest BCUT2D eigenvalue weighted by atomic mass is 16.3. The molecule has 96 valence electrons. The second kappa shape index (κ2) is 4.43. The van der Waals surface area contributed by atoms with E-state index in [-0.39, 0.29) is 0 Å². The zero-order valence-electron chi connectivity index (χ0n) is 11.1. The average Bonchev–Trinajstić information content (AvgIpc) is 2.82. The van der Waals surface area contributed by atoms with Crippen molar-refractivity contribution in [2.75, 3.05) is 5.73 Å². The third-order valence-corrected chi connectivity index (χ3v) is 3.24. The van der Waals surface area contributed by atoms with Gasteiger partial charge in [0.25, 0.3) is 0 Å². The molecule has 3 rings (SSSR count). The zero-order chi connectivity index (χ0) is 13.4. The molecule has 0 atom stereocenters. The van der Waals surface area contributed by atoms with Gasteiger partial charge in [0.15, 0.2) is 5.58 Å². The van der Waals surface area contributed by atoms with Crippen LogP contribution in [0.2, 0.25) is 0 Å². The van der Waals surface area contributed by atoms with Crippen molar-refractivity contribution in [3.05, 3.63) is 48.0 Å². The highest BCUT2D eigenvalue weighted by molar-refractivity contribution is 5.77. The van der Waals surface area contributed by atoms with Crippen LogP contribution in [-0.2, 0) is 0 Å². The molecule has 0 fully saturated rings. The molecule has 0 saturated heterocycles. The molecular formula is C16H16N2O. The van der Waals surface area contributed by atoms with E-state index in [0.29, 0.717) is 11.8 Å². The highest BCUT2D eigenvalue weighted by Gasteiger charge is 2.09. The molecule has 0 saturated carbocycles. The summed E-state index contributed by atoms with van der Waals surface area (Å²) in [4.78, 5) is 4.51. The number of aromatic nitrogens is 1. The van der Waals surface area contributed by atoms with Crippen LogP contribution in [-0.4, -0.2) is 4.98 Å². The maximum atomic E-state index is 5.83. The lowest BCUT2D eigenvalue weighted by Crippen LogP contribution is -1.85. The Bertz CT molecular complexity index is 711. The molecule has 0 aliphatic heterocycles. The first-order valence-electron chi connectivity index (χ1n) is 6.40. The van der Waals surface area contributed by atoms with Crippen LogP contribution in [0, 0.1) is 0 Å². The first-order valence-corrected chi connectivity index (χ1v) is 6.40. The van der Waals surface area contributed by atoms with Crippen molar-refractivity contribution in [3.8, 4) is 11.5 Å². The number of oxazole rings is 1. The minimum atomic E-state index is 0.481. The van der Waals surface area contributed by atoms with Crippen LogP contribution >= 0.6 is 0 Å². The van der Waals surface area contributed by atoms with E-state index in [2.05, 4.69) is 31.0 Å². The van der Waals surface area contributed by atoms with Gasteiger partial charge in [0.05, 0.1) is 0 Å². The highest BCUT2D eigenvalue weighted by Crippen LogP contribution is 2.27. The number of nitrogens with zero attached hydrogens (tertiary/aromatic N) is 1. The van der Waals surface area contributed by atoms with Crippen molar-refractivity contribution in [1.82, 2.24) is 4.98 Å². The molecule has 0 bridgehead atoms. The molecule has 1 aromatic heterocycles. The van der Waals surface area contributed by atoms with E-state index in [1.54, 1.807) is 0 Å². The monoisotopic (exact) mass is 252 g/mol. The van der Waals surface area contributed by atoms with Crippen molar-refractivity contribution in [1.29, 1.82) is 0 Å². The van der Waals surface area contributed by atoms with Crippen molar-refractivity contribution in [2.24, 2.45) is 0 Å². The normalized spacial score (nSPS) is 11.3. The van der Waals surface area contributed by atoms with Crippen molar-refractivity contribution in [3.63, 3.8) is 0 Å². The fourth-order valence-corrected chi connectivity index (χ4v) is 2.05. The summed E-state index contributed by atoms with van der Waals surface area (Å²) >= 11 is 0. The minimum absolute atomic E-state index is 0.481. The van der Waals surface area contributed by atoms with Gasteiger partial charge in [-0.15, -0.1) is 0 Å². The quantitative estimate of drug-likeness (QED) is 0.695. The topological polar surface area (TPSA) is 52.0 Å². The maximum absolute atomic E-state index is 5.83. The van der Waals surface area contributed by atoms with Gasteiger partial charge in [-0.25, -0.2) is 4.98 Å². The molecule has 0 amide bonds. The SMILES string of the molecule is CC(C)c1ccc2nc(-c3ccc(N)cc3)oc2c1. The average molecular weight is 252 g/mol. The summed E-state index contributed by atoms with van der Waals surface area (Å²) in [5, 5.41) is 0. The number of fused-ring (bicyclic) bond motifs is 1. The largest absolute Gasteiger partial charge is 0.436 e. The summed E-state index contributed by atoms with van der Waals surface area (Å²) in [6, 6.07) is 13.7. The summed E-state index contributed by atoms with van der Waals surface area (Å²) in [5.41, 5.74) is 10.3. The number of rotatable bonds is 2. The van der Waals surface area contributed by atoms with E-state index in [0.717, 1.165) is 22.4 Å². The van der Waals surface area contributed by atoms with Crippen molar-refractivity contribution < 1.29 is 4.42 Å². The smallest absolute Gasteiger partial charge is 0.227 e. The summed E-state index contributed by atoms with van der Waals surface area (Å²) in [7, 11) is 0. The molecule has 0 aliphatic rings. The molecule has 0 aliphatic carbocycles. The van der Waals surface area contributed by atoms with E-state index in [9.17, 15) is 0 Å². The van der Waals surface area contributed by atoms with Crippen molar-refractivity contribution in [2.45, 2.75) is 19.8 Å². The number of hydrogen-bond donors (Lipinski definition) is 1. The Morgan fingerprint density at radius 1 is 1.05 bits per heavy atom. The third-order valence-electron chi connectivity index (χ3n) is 3.24. The van der Waals surface area contributed by atoms with Crippen LogP contribution in [0.15, 0.2) is 46.9 Å². The fourth-order valence-electron chi connectivity index (χ4n) is 2.05. The Balaban J connectivity index is 2.08. The second-order valence-electron chi connectivity index (χ2n) is 5.02. The fraction of sp³-hybridized carbons (Fsp3) is 0.188. The van der Waals surface area contributed by atoms with Gasteiger partial charge >= 0.3 is 0 Å². The van der Waals surface area contributed by atoms with Crippen molar-refractivity contribution >= 4 is 16.8 Å². The standard InChI is InChI=1S/C16H16N2O/c1-10(2)12-5-8-14-15(9-12)19-16(18-14)11-3-6-13(17)7-4-11/h3-10H,17H2,1-2H3. The van der Waals surface area contributed by atoms with Gasteiger partial charge in [-0.2, -0.15) is 0 Å². The summed E-state index contributed by atoms with van der Waals surface area (Å²) in [5.74, 6) is 1.12. The summed E-state index contributed by atoms with van der Waals surface area (Å²) < 4.78 is 5.83. The predicted octanol–water partition coefficient (Wildman–Crippen LogP) is 4.20. The summed E-state index contributed by atoms with van der Waals surface area (Å²) in [6.45, 7) is 4.33. The molecule has 3 nitrogen and oxygen atoms in total. The van der Waals surface area contributed by atoms with E-state index < -0.39 is 0 Å². The Labute approximate surface area is 112 Å². The van der Waals surface area contributed by atoms with Crippen LogP contribution in [0.5, 0.6) is 0 Å². The lowest BCUT2D eigenvalue weighted by molar-refractivity contribution is 0.619. The number of anilines is 1. The van der Waals surface area contributed by atoms with Gasteiger partial charge in [0.1, 0.15) is 5.52 Å². The second-order valence-corrected chi connectivity index (χ2v) is 5.02. The third kappa shape index (κ3) is 2.19. The van der Waals surface area contributed by atoms with Gasteiger partial charge in [-0.3, -0.25) is 0 Å². The molecule has 3 heteroatoms. The van der Waals surface area contributed by atoms with Gasteiger partial charge < -0.3 is 10.2 Å². The lowest BCUT2D eigenvalue weighted by atomic mass is 10.0. The molecule has 3 aromatic rings. The van der Waals surface area contributed by atoms with E-state index in [4.69, 9.17) is 10.2 Å². The van der Waals surface area contributed by atoms with Crippen LogP contribution in [0.3, 0.4) is 0 Å². The van der Waals surface area contributed by atoms with Crippen LogP contribution in [0.1, 0.15) is 25.3 Å². The number of hydrogen-bond acceptors (Lipinski definition) is 3. The minimum Gasteiger partial charge on any atom is -0.436 e. The summed E-state index contributed by atoms with van der Waals surface area (Å²) in [6.07, 6.45) is 0. The van der Waals surface area contributed by atoms with E-state index >= 15 is 0 Å². The van der Waals surface area contributed by atoms with Crippen LogP contribution in [0.4, 0.5) is 5.69 Å². The van der Waals surface area contributed by atoms with Gasteiger partial charge in [-0.05, 0) is 47.9 Å². The van der Waals surface area contributed by atoms with Gasteiger partial charge in [-0.1, -0.05) is 19.9 Å². The molecule has 2 N–H and O–H groups in total. The Kier molecular flexibility index (Phi) is 2.75. The van der Waals surface area contributed by atoms with E-state index in [1.165, 1.54) is 5.56 Å². The zero-order valence-corrected chi connectivity index (χ0v) is 11.1. The van der Waals surface area contributed by atoms with E-state index in [1.807, 2.05) is 30.3 Å². The number of benzene rings is 2. The molecule has 0 radical (unpaired) electrons. The molecule has 1 heterocycles. The first kappa shape index (κ1) is 11.8. The van der Waals surface area contributed by atoms with Gasteiger partial charge in [0, 0.05) is 11.3 Å². The lowest BCUT2D eigenvalue weighted by Gasteiger charge is -2.02. The molecule has 19 heavy (non-hydrogen) atoms. The molecule has 0 unspecified atom stereocenters. The number of nitrogens with two attached hydrogens (primary N) is 1.